The van der Waals surface area contributed by atoms with Gasteiger partial charge in [-0.2, -0.15) is 0 Å². The maximum atomic E-state index is 12.5. The first-order valence-corrected chi connectivity index (χ1v) is 12.9. The van der Waals surface area contributed by atoms with Gasteiger partial charge in [0.1, 0.15) is 0 Å². The molecule has 1 aliphatic rings. The molecule has 2 heterocycles. The van der Waals surface area contributed by atoms with Gasteiger partial charge in [-0.1, -0.05) is 47.5 Å². The zero-order chi connectivity index (χ0) is 24.4. The lowest BCUT2D eigenvalue weighted by Gasteiger charge is -2.22. The lowest BCUT2D eigenvalue weighted by molar-refractivity contribution is 0.0957. The van der Waals surface area contributed by atoms with E-state index in [1.807, 2.05) is 30.1 Å². The lowest BCUT2D eigenvalue weighted by Crippen LogP contribution is -2.29. The van der Waals surface area contributed by atoms with Gasteiger partial charge in [0.15, 0.2) is 5.13 Å². The highest BCUT2D eigenvalue weighted by Crippen LogP contribution is 2.32. The van der Waals surface area contributed by atoms with E-state index in [1.54, 1.807) is 11.3 Å². The van der Waals surface area contributed by atoms with E-state index >= 15 is 0 Å². The van der Waals surface area contributed by atoms with Crippen LogP contribution in [0, 0.1) is 13.8 Å². The maximum absolute atomic E-state index is 12.5. The number of nitrogens with zero attached hydrogens (tertiary/aromatic N) is 2. The average Bonchev–Trinajstić information content (AvgIpc) is 3.45. The summed E-state index contributed by atoms with van der Waals surface area (Å²) in [6.07, 6.45) is 7.05. The number of carbonyl (C=O) groups is 1. The molecule has 1 amide bonds. The van der Waals surface area contributed by atoms with Crippen molar-refractivity contribution in [3.8, 4) is 22.4 Å². The van der Waals surface area contributed by atoms with Gasteiger partial charge >= 0.3 is 0 Å². The highest BCUT2D eigenvalue weighted by atomic mass is 32.1. The largest absolute Gasteiger partial charge is 0.356 e. The number of hydrogen-bond donors (Lipinski definition) is 2. The number of aryl methyl sites for hydroxylation is 3. The highest BCUT2D eigenvalue weighted by molar-refractivity contribution is 7.14. The third-order valence-electron chi connectivity index (χ3n) is 6.38. The second-order valence-electron chi connectivity index (χ2n) is 9.30. The van der Waals surface area contributed by atoms with Gasteiger partial charge in [-0.15, -0.1) is 11.3 Å². The van der Waals surface area contributed by atoms with Gasteiger partial charge in [-0.25, -0.2) is 4.98 Å². The predicted molar refractivity (Wildman–Crippen MR) is 145 cm³/mol. The minimum Gasteiger partial charge on any atom is -0.356 e. The second kappa shape index (κ2) is 9.92. The van der Waals surface area contributed by atoms with E-state index in [0.717, 1.165) is 34.9 Å². The summed E-state index contributed by atoms with van der Waals surface area (Å²) in [5.41, 5.74) is 10.1. The number of thiazole rings is 1. The molecule has 0 atom stereocenters. The molecule has 6 heteroatoms. The molecule has 2 aromatic heterocycles. The molecule has 5 rings (SSSR count). The summed E-state index contributed by atoms with van der Waals surface area (Å²) in [5.74, 6) is -0.0622. The summed E-state index contributed by atoms with van der Waals surface area (Å²) < 4.78 is 1.88. The highest BCUT2D eigenvalue weighted by Gasteiger charge is 2.17. The summed E-state index contributed by atoms with van der Waals surface area (Å²) in [7, 11) is 1.91. The van der Waals surface area contributed by atoms with Crippen LogP contribution in [0.5, 0.6) is 0 Å². The number of amides is 1. The molecule has 1 aliphatic carbocycles. The third-order valence-corrected chi connectivity index (χ3v) is 7.14. The minimum absolute atomic E-state index is 0.0622. The van der Waals surface area contributed by atoms with Gasteiger partial charge in [0, 0.05) is 36.1 Å². The quantitative estimate of drug-likeness (QED) is 0.308. The SMILES string of the molecule is Cc1cc(C)cc(-c2cccc(-c3csc(NC(CNC(=O)c4ccn(C)c4)=C4CCC4)n3)c2)c1. The minimum atomic E-state index is -0.0622. The number of nitrogens with one attached hydrogen (secondary N) is 2. The molecule has 0 aliphatic heterocycles. The fraction of sp³-hybridized carbons (Fsp3) is 0.241. The molecule has 0 unspecified atom stereocenters. The molecule has 0 radical (unpaired) electrons. The van der Waals surface area contributed by atoms with Gasteiger partial charge in [0.05, 0.1) is 17.8 Å². The molecule has 1 fully saturated rings. The lowest BCUT2D eigenvalue weighted by atomic mass is 9.90. The second-order valence-corrected chi connectivity index (χ2v) is 10.2. The Bertz CT molecular complexity index is 1390. The van der Waals surface area contributed by atoms with Crippen LogP contribution in [0.15, 0.2) is 77.6 Å². The molecule has 0 saturated heterocycles. The van der Waals surface area contributed by atoms with Crippen LogP contribution in [0.2, 0.25) is 0 Å². The Balaban J connectivity index is 1.31. The Morgan fingerprint density at radius 3 is 2.49 bits per heavy atom. The fourth-order valence-corrected chi connectivity index (χ4v) is 5.16. The molecule has 2 aromatic carbocycles. The van der Waals surface area contributed by atoms with Crippen LogP contribution in [0.4, 0.5) is 5.13 Å². The van der Waals surface area contributed by atoms with E-state index in [1.165, 1.54) is 34.2 Å². The molecule has 0 spiro atoms. The van der Waals surface area contributed by atoms with E-state index in [2.05, 4.69) is 72.3 Å². The van der Waals surface area contributed by atoms with Crippen LogP contribution in [-0.2, 0) is 7.05 Å². The van der Waals surface area contributed by atoms with Crippen LogP contribution in [0.3, 0.4) is 0 Å². The summed E-state index contributed by atoms with van der Waals surface area (Å²) in [5, 5.41) is 9.51. The van der Waals surface area contributed by atoms with Crippen LogP contribution >= 0.6 is 11.3 Å². The topological polar surface area (TPSA) is 58.9 Å². The molecular weight excluding hydrogens is 452 g/mol. The smallest absolute Gasteiger partial charge is 0.253 e. The first-order chi connectivity index (χ1) is 16.9. The van der Waals surface area contributed by atoms with Crippen LogP contribution in [0.1, 0.15) is 40.7 Å². The van der Waals surface area contributed by atoms with Gasteiger partial charge in [-0.3, -0.25) is 4.79 Å². The molecular formula is C29H30N4OS. The Morgan fingerprint density at radius 1 is 1.03 bits per heavy atom. The van der Waals surface area contributed by atoms with Crippen molar-refractivity contribution in [2.24, 2.45) is 7.05 Å². The zero-order valence-corrected chi connectivity index (χ0v) is 21.2. The number of hydrogen-bond acceptors (Lipinski definition) is 4. The zero-order valence-electron chi connectivity index (χ0n) is 20.4. The molecule has 0 bridgehead atoms. The number of anilines is 1. The average molecular weight is 483 g/mol. The van der Waals surface area contributed by atoms with Crippen molar-refractivity contribution in [3.05, 3.63) is 94.3 Å². The third kappa shape index (κ3) is 5.38. The monoisotopic (exact) mass is 482 g/mol. The van der Waals surface area contributed by atoms with Crippen molar-refractivity contribution in [1.29, 1.82) is 0 Å². The van der Waals surface area contributed by atoms with Crippen molar-refractivity contribution >= 4 is 22.4 Å². The Morgan fingerprint density at radius 2 is 1.80 bits per heavy atom. The van der Waals surface area contributed by atoms with E-state index in [9.17, 15) is 4.79 Å². The molecule has 1 saturated carbocycles. The molecule has 35 heavy (non-hydrogen) atoms. The number of aromatic nitrogens is 2. The molecule has 4 aromatic rings. The summed E-state index contributed by atoms with van der Waals surface area (Å²) in [4.78, 5) is 17.4. The van der Waals surface area contributed by atoms with E-state index in [4.69, 9.17) is 4.98 Å². The predicted octanol–water partition coefficient (Wildman–Crippen LogP) is 6.71. The Labute approximate surface area is 210 Å². The first-order valence-electron chi connectivity index (χ1n) is 12.0. The number of allylic oxidation sites excluding steroid dienone is 1. The normalized spacial score (nSPS) is 12.8. The summed E-state index contributed by atoms with van der Waals surface area (Å²) >= 11 is 1.59. The van der Waals surface area contributed by atoms with Gasteiger partial charge in [0.25, 0.3) is 5.91 Å². The van der Waals surface area contributed by atoms with Gasteiger partial charge in [0.2, 0.25) is 0 Å². The number of rotatable bonds is 7. The summed E-state index contributed by atoms with van der Waals surface area (Å²) in [6.45, 7) is 4.74. The fourth-order valence-electron chi connectivity index (χ4n) is 4.41. The van der Waals surface area contributed by atoms with E-state index < -0.39 is 0 Å². The number of carbonyl (C=O) groups excluding carboxylic acids is 1. The first kappa shape index (κ1) is 23.1. The molecule has 178 valence electrons. The van der Waals surface area contributed by atoms with Crippen molar-refractivity contribution in [3.63, 3.8) is 0 Å². The van der Waals surface area contributed by atoms with Crippen molar-refractivity contribution in [2.75, 3.05) is 11.9 Å². The van der Waals surface area contributed by atoms with Crippen LogP contribution < -0.4 is 10.6 Å². The van der Waals surface area contributed by atoms with E-state index in [0.29, 0.717) is 12.1 Å². The molecule has 5 nitrogen and oxygen atoms in total. The van der Waals surface area contributed by atoms with Crippen LogP contribution in [0.25, 0.3) is 22.4 Å². The maximum Gasteiger partial charge on any atom is 0.253 e. The van der Waals surface area contributed by atoms with Crippen LogP contribution in [-0.4, -0.2) is 22.0 Å². The summed E-state index contributed by atoms with van der Waals surface area (Å²) in [6, 6.07) is 17.0. The van der Waals surface area contributed by atoms with Gasteiger partial charge in [-0.05, 0) is 61.9 Å². The van der Waals surface area contributed by atoms with Gasteiger partial charge < -0.3 is 15.2 Å². The van der Waals surface area contributed by atoms with Crippen molar-refractivity contribution in [1.82, 2.24) is 14.9 Å². The van der Waals surface area contributed by atoms with Crippen molar-refractivity contribution in [2.45, 2.75) is 33.1 Å². The van der Waals surface area contributed by atoms with E-state index in [-0.39, 0.29) is 5.91 Å². The number of benzene rings is 2. The standard InChI is InChI=1S/C29H30N4OS/c1-19-12-20(2)14-25(13-19)22-8-5-9-23(15-22)27-18-35-29(32-27)31-26(21-6-4-7-21)16-30-28(34)24-10-11-33(3)17-24/h5,8-15,17-18H,4,6-7,16H2,1-3H3,(H,30,34)(H,31,32). The molecule has 2 N–H and O–H groups in total. The Hall–Kier alpha value is -3.64. The van der Waals surface area contributed by atoms with Crippen molar-refractivity contribution < 1.29 is 4.79 Å². The Kier molecular flexibility index (Phi) is 6.55.